The molecule has 0 unspecified atom stereocenters. The Balaban J connectivity index is 5.70. The summed E-state index contributed by atoms with van der Waals surface area (Å²) >= 11 is -1.31. The Hall–Kier alpha value is 1.40. The van der Waals surface area contributed by atoms with Gasteiger partial charge in [0, 0.05) is 0 Å². The van der Waals surface area contributed by atoms with Gasteiger partial charge in [0.1, 0.15) is 0 Å². The summed E-state index contributed by atoms with van der Waals surface area (Å²) in [5, 5.41) is 0. The van der Waals surface area contributed by atoms with Crippen molar-refractivity contribution in [3.8, 4) is 0 Å². The van der Waals surface area contributed by atoms with E-state index < -0.39 is 45.4 Å². The molecule has 0 fully saturated rings. The van der Waals surface area contributed by atoms with Crippen molar-refractivity contribution in [1.29, 1.82) is 0 Å². The topological polar surface area (TPSA) is 0 Å². The van der Waals surface area contributed by atoms with Crippen LogP contribution < -0.4 is 0 Å². The van der Waals surface area contributed by atoms with Gasteiger partial charge in [-0.05, 0) is 0 Å². The number of hydrogen-bond donors (Lipinski definition) is 0. The Labute approximate surface area is 143 Å². The van der Waals surface area contributed by atoms with Gasteiger partial charge in [0.15, 0.2) is 0 Å². The molecule has 0 aliphatic rings. The van der Waals surface area contributed by atoms with Crippen LogP contribution in [0, 0.1) is 0 Å². The quantitative estimate of drug-likeness (QED) is 0.374. The van der Waals surface area contributed by atoms with E-state index >= 15 is 0 Å². The van der Waals surface area contributed by atoms with E-state index in [0.717, 1.165) is 0 Å². The molecule has 0 aliphatic carbocycles. The Morgan fingerprint density at radius 1 is 0.381 bits per heavy atom. The molecule has 0 aromatic carbocycles. The van der Waals surface area contributed by atoms with Crippen LogP contribution in [0.2, 0.25) is 98.2 Å². The van der Waals surface area contributed by atoms with Gasteiger partial charge in [-0.3, -0.25) is 0 Å². The van der Waals surface area contributed by atoms with Gasteiger partial charge in [-0.2, -0.15) is 0 Å². The van der Waals surface area contributed by atoms with E-state index in [4.69, 9.17) is 0 Å². The Morgan fingerprint density at radius 3 is 0.619 bits per heavy atom. The molecule has 0 heterocycles. The van der Waals surface area contributed by atoms with Crippen LogP contribution in [0.25, 0.3) is 0 Å². The van der Waals surface area contributed by atoms with E-state index in [9.17, 15) is 0 Å². The molecule has 0 aromatic rings. The molecule has 0 N–H and O–H groups in total. The minimum atomic E-state index is -1.31. The van der Waals surface area contributed by atoms with E-state index in [2.05, 4.69) is 78.6 Å². The predicted octanol–water partition coefficient (Wildman–Crippen LogP) is 7.32. The first-order valence-corrected chi connectivity index (χ1v) is 27.0. The molecule has 0 aliphatic heterocycles. The zero-order valence-corrected chi connectivity index (χ0v) is 22.5. The summed E-state index contributed by atoms with van der Waals surface area (Å²) < 4.78 is 0. The van der Waals surface area contributed by atoms with Crippen molar-refractivity contribution in [2.75, 3.05) is 0 Å². The molecule has 0 spiro atoms. The van der Waals surface area contributed by atoms with Gasteiger partial charge in [-0.25, -0.2) is 0 Å². The Morgan fingerprint density at radius 2 is 0.524 bits per heavy atom. The standard InChI is InChI=1S/4C4H11Si.Cr/c4*1-5(2,3)4;/h4*1H2,2-4H3;. The zero-order chi connectivity index (χ0) is 17.3. The third-order valence-corrected chi connectivity index (χ3v) is 36.6. The van der Waals surface area contributed by atoms with E-state index in [1.54, 1.807) is 19.6 Å². The van der Waals surface area contributed by atoms with Crippen LogP contribution in [0.5, 0.6) is 0 Å². The van der Waals surface area contributed by atoms with Crippen LogP contribution in [-0.2, 0) is 13.1 Å². The second-order valence-electron chi connectivity index (χ2n) is 12.0. The average molecular weight is 401 g/mol. The molecule has 0 radical (unpaired) electrons. The fourth-order valence-electron chi connectivity index (χ4n) is 3.98. The van der Waals surface area contributed by atoms with Crippen molar-refractivity contribution in [1.82, 2.24) is 0 Å². The maximum atomic E-state index is 2.64. The van der Waals surface area contributed by atoms with Gasteiger partial charge >= 0.3 is 144 Å². The van der Waals surface area contributed by atoms with Crippen LogP contribution in [-0.4, -0.2) is 32.3 Å². The first-order valence-electron chi connectivity index (χ1n) is 8.57. The van der Waals surface area contributed by atoms with Gasteiger partial charge in [0.2, 0.25) is 0 Å². The summed E-state index contributed by atoms with van der Waals surface area (Å²) in [5.74, 6) is 0. The summed E-state index contributed by atoms with van der Waals surface area (Å²) in [6.07, 6.45) is 0. The fourth-order valence-corrected chi connectivity index (χ4v) is 56.8. The van der Waals surface area contributed by atoms with Crippen LogP contribution in [0.3, 0.4) is 0 Å². The van der Waals surface area contributed by atoms with Crippen molar-refractivity contribution in [3.63, 3.8) is 0 Å². The van der Waals surface area contributed by atoms with Crippen LogP contribution in [0.15, 0.2) is 0 Å². The molecule has 0 aromatic heterocycles. The van der Waals surface area contributed by atoms with Gasteiger partial charge in [0.05, 0.1) is 0 Å². The molecule has 0 atom stereocenters. The minimum absolute atomic E-state index is 0.956. The zero-order valence-electron chi connectivity index (χ0n) is 17.2. The third kappa shape index (κ3) is 12.5. The second kappa shape index (κ2) is 7.11. The van der Waals surface area contributed by atoms with Crippen molar-refractivity contribution in [2.45, 2.75) is 98.2 Å². The van der Waals surface area contributed by atoms with Gasteiger partial charge in [-0.15, -0.1) is 0 Å². The molecule has 0 nitrogen and oxygen atoms in total. The molecule has 21 heavy (non-hydrogen) atoms. The van der Waals surface area contributed by atoms with E-state index in [1.165, 1.54) is 0 Å². The molecular formula is C16H44CrSi4. The first kappa shape index (κ1) is 22.4. The predicted molar refractivity (Wildman–Crippen MR) is 113 cm³/mol. The molecule has 130 valence electrons. The average Bonchev–Trinajstić information content (AvgIpc) is 1.83. The van der Waals surface area contributed by atoms with Crippen LogP contribution in [0.4, 0.5) is 0 Å². The fraction of sp³-hybridized carbons (Fsp3) is 1.00. The summed E-state index contributed by atoms with van der Waals surface area (Å²) in [7, 11) is -3.82. The monoisotopic (exact) mass is 400 g/mol. The van der Waals surface area contributed by atoms with Crippen LogP contribution in [0.1, 0.15) is 0 Å². The summed E-state index contributed by atoms with van der Waals surface area (Å²) in [6, 6.07) is 0. The van der Waals surface area contributed by atoms with Gasteiger partial charge in [-0.1, -0.05) is 0 Å². The SMILES string of the molecule is C[Si](C)(C)[CH2][Cr]([CH2][Si](C)(C)C)([CH2][Si](C)(C)C)[CH2][Si](C)(C)C. The first-order chi connectivity index (χ1) is 8.83. The van der Waals surface area contributed by atoms with Crippen molar-refractivity contribution in [3.05, 3.63) is 0 Å². The summed E-state index contributed by atoms with van der Waals surface area (Å²) in [6.45, 7) is 31.6. The Bertz CT molecular complexity index is 257. The molecule has 0 bridgehead atoms. The Kier molecular flexibility index (Phi) is 7.58. The van der Waals surface area contributed by atoms with E-state index in [0.29, 0.717) is 0 Å². The molecule has 0 rings (SSSR count). The molecule has 0 amide bonds. The maximum absolute atomic E-state index is 2.64. The van der Waals surface area contributed by atoms with Gasteiger partial charge < -0.3 is 0 Å². The second-order valence-corrected chi connectivity index (χ2v) is 42.9. The summed E-state index contributed by atoms with van der Waals surface area (Å²) in [4.78, 5) is 6.90. The molecule has 0 saturated carbocycles. The van der Waals surface area contributed by atoms with E-state index in [1.807, 2.05) is 0 Å². The van der Waals surface area contributed by atoms with Crippen molar-refractivity contribution in [2.24, 2.45) is 0 Å². The van der Waals surface area contributed by atoms with Crippen molar-refractivity contribution < 1.29 is 13.1 Å². The summed E-state index contributed by atoms with van der Waals surface area (Å²) in [5.41, 5.74) is 0. The third-order valence-electron chi connectivity index (χ3n) is 2.96. The van der Waals surface area contributed by atoms with Crippen LogP contribution >= 0.6 is 0 Å². The van der Waals surface area contributed by atoms with Gasteiger partial charge in [0.25, 0.3) is 0 Å². The van der Waals surface area contributed by atoms with Crippen molar-refractivity contribution >= 4 is 32.3 Å². The molecule has 0 saturated heterocycles. The number of hydrogen-bond acceptors (Lipinski definition) is 0. The number of rotatable bonds is 8. The molecular weight excluding hydrogens is 357 g/mol. The normalized spacial score (nSPS) is 16.2. The molecule has 5 heteroatoms. The van der Waals surface area contributed by atoms with E-state index in [-0.39, 0.29) is 0 Å².